The Balaban J connectivity index is 1.22. The summed E-state index contributed by atoms with van der Waals surface area (Å²) in [6, 6.07) is 17.0. The first-order valence-corrected chi connectivity index (χ1v) is 17.0. The molecule has 2 fully saturated rings. The first kappa shape index (κ1) is 35.2. The van der Waals surface area contributed by atoms with Crippen LogP contribution in [-0.2, 0) is 41.8 Å². The number of β-lactam (4-membered cyclic amide) rings is 1. The third-order valence-electron chi connectivity index (χ3n) is 7.79. The molecule has 0 spiro atoms. The maximum atomic E-state index is 13.8. The fraction of sp³-hybridized carbons (Fsp3) is 0.353. The molecule has 6 rings (SSSR count). The van der Waals surface area contributed by atoms with Crippen molar-refractivity contribution in [2.24, 2.45) is 5.16 Å². The number of benzene rings is 2. The molecular weight excluding hydrogens is 680 g/mol. The fourth-order valence-electron chi connectivity index (χ4n) is 5.05. The summed E-state index contributed by atoms with van der Waals surface area (Å²) in [5.41, 5.74) is -0.694. The zero-order valence-corrected chi connectivity index (χ0v) is 28.8. The Bertz CT molecular complexity index is 1880. The molecule has 2 atom stereocenters. The predicted octanol–water partition coefficient (Wildman–Crippen LogP) is 2.84. The number of aliphatic hydroxyl groups excluding tert-OH is 1. The quantitative estimate of drug-likeness (QED) is 0.0685. The Labute approximate surface area is 296 Å². The van der Waals surface area contributed by atoms with Gasteiger partial charge in [0, 0.05) is 18.2 Å². The highest BCUT2D eigenvalue weighted by molar-refractivity contribution is 7.14. The lowest BCUT2D eigenvalue weighted by Gasteiger charge is -2.36. The van der Waals surface area contributed by atoms with Gasteiger partial charge in [0.05, 0.1) is 25.4 Å². The second-order valence-corrected chi connectivity index (χ2v) is 13.8. The van der Waals surface area contributed by atoms with Crippen LogP contribution in [0.15, 0.2) is 77.4 Å². The minimum atomic E-state index is -1.46. The summed E-state index contributed by atoms with van der Waals surface area (Å²) < 4.78 is 11.3. The third kappa shape index (κ3) is 8.56. The molecule has 16 nitrogen and oxygen atoms in total. The molecule has 1 aliphatic carbocycles. The fourth-order valence-corrected chi connectivity index (χ4v) is 5.73. The van der Waals surface area contributed by atoms with Crippen LogP contribution in [0.2, 0.25) is 0 Å². The van der Waals surface area contributed by atoms with Crippen molar-refractivity contribution in [1.82, 2.24) is 30.6 Å². The highest BCUT2D eigenvalue weighted by Crippen LogP contribution is 2.43. The first-order valence-electron chi connectivity index (χ1n) is 16.1. The summed E-state index contributed by atoms with van der Waals surface area (Å²) in [5.74, 6) is -1.94. The van der Waals surface area contributed by atoms with Crippen molar-refractivity contribution in [3.63, 3.8) is 0 Å². The predicted molar refractivity (Wildman–Crippen MR) is 182 cm³/mol. The summed E-state index contributed by atoms with van der Waals surface area (Å²) >= 11 is 1.00. The van der Waals surface area contributed by atoms with Crippen molar-refractivity contribution in [1.29, 1.82) is 0 Å². The Morgan fingerprint density at radius 3 is 2.33 bits per heavy atom. The zero-order valence-electron chi connectivity index (χ0n) is 27.9. The number of nitrogens with zero attached hydrogens (tertiary/aromatic N) is 5. The lowest BCUT2D eigenvalue weighted by Crippen LogP contribution is -2.70. The number of oxime groups is 1. The van der Waals surface area contributed by atoms with Crippen LogP contribution in [-0.4, -0.2) is 78.0 Å². The summed E-state index contributed by atoms with van der Waals surface area (Å²) in [5, 5.41) is 31.1. The van der Waals surface area contributed by atoms with Gasteiger partial charge < -0.3 is 30.1 Å². The van der Waals surface area contributed by atoms with E-state index in [-0.39, 0.29) is 42.5 Å². The minimum Gasteiger partial charge on any atom is -0.450 e. The van der Waals surface area contributed by atoms with E-state index >= 15 is 0 Å². The first-order chi connectivity index (χ1) is 24.4. The van der Waals surface area contributed by atoms with E-state index in [9.17, 15) is 24.3 Å². The number of esters is 1. The third-order valence-corrected chi connectivity index (χ3v) is 8.55. The van der Waals surface area contributed by atoms with Crippen LogP contribution in [0.25, 0.3) is 0 Å². The van der Waals surface area contributed by atoms with Crippen LogP contribution in [0.5, 0.6) is 0 Å². The lowest BCUT2D eigenvalue weighted by atomic mass is 9.98. The van der Waals surface area contributed by atoms with Gasteiger partial charge in [0.25, 0.3) is 5.91 Å². The number of carbonyl (C=O) groups excluding carboxylic acids is 4. The summed E-state index contributed by atoms with van der Waals surface area (Å²) in [4.78, 5) is 63.9. The molecule has 0 radical (unpaired) electrons. The van der Waals surface area contributed by atoms with Gasteiger partial charge in [0.1, 0.15) is 23.0 Å². The number of thiazole rings is 1. The molecule has 3 heterocycles. The molecule has 1 saturated heterocycles. The van der Waals surface area contributed by atoms with E-state index in [2.05, 4.69) is 36.3 Å². The number of nitrogens with one attached hydrogen (secondary N) is 3. The Kier molecular flexibility index (Phi) is 10.1. The molecular formula is C34H36N8O8S. The smallest absolute Gasteiger partial charge is 0.413 e. The molecule has 2 aromatic carbocycles. The largest absolute Gasteiger partial charge is 0.450 e. The zero-order chi connectivity index (χ0) is 36.2. The minimum absolute atomic E-state index is 0.0109. The summed E-state index contributed by atoms with van der Waals surface area (Å²) in [6.45, 7) is 4.95. The van der Waals surface area contributed by atoms with Crippen LogP contribution in [0.1, 0.15) is 62.2 Å². The van der Waals surface area contributed by atoms with E-state index in [1.54, 1.807) is 20.8 Å². The molecule has 0 bridgehead atoms. The Morgan fingerprint density at radius 1 is 1.10 bits per heavy atom. The van der Waals surface area contributed by atoms with Crippen molar-refractivity contribution >= 4 is 46.1 Å². The van der Waals surface area contributed by atoms with E-state index < -0.39 is 53.3 Å². The van der Waals surface area contributed by atoms with E-state index in [4.69, 9.17) is 14.3 Å². The number of aliphatic hydroxyl groups is 1. The van der Waals surface area contributed by atoms with Crippen LogP contribution >= 0.6 is 11.3 Å². The monoisotopic (exact) mass is 716 g/mol. The van der Waals surface area contributed by atoms with E-state index in [0.29, 0.717) is 5.69 Å². The number of aromatic nitrogens is 4. The van der Waals surface area contributed by atoms with Crippen LogP contribution in [0.4, 0.5) is 9.93 Å². The number of anilines is 1. The molecule has 2 aromatic heterocycles. The van der Waals surface area contributed by atoms with Gasteiger partial charge in [-0.05, 0) is 31.9 Å². The van der Waals surface area contributed by atoms with Gasteiger partial charge in [0.2, 0.25) is 11.5 Å². The van der Waals surface area contributed by atoms with Gasteiger partial charge in [-0.1, -0.05) is 65.8 Å². The Morgan fingerprint density at radius 2 is 1.76 bits per heavy atom. The van der Waals surface area contributed by atoms with Crippen LogP contribution < -0.4 is 16.0 Å². The molecule has 51 heavy (non-hydrogen) atoms. The van der Waals surface area contributed by atoms with E-state index in [0.717, 1.165) is 22.5 Å². The van der Waals surface area contributed by atoms with Gasteiger partial charge in [-0.3, -0.25) is 14.9 Å². The molecule has 1 aliphatic heterocycles. The molecule has 266 valence electrons. The molecule has 17 heteroatoms. The molecule has 4 N–H and O–H groups in total. The number of amides is 3. The SMILES string of the molecule is CC(C)(C)OC(=O)Nc1nc(C(=NOC2(C(=O)OC(c3ccccc3)c3ccccc3)CC2)C(=O)N[C@@H]2C(=O)N[C@H]2Cn2ncc(CO)n2)cs1. The molecule has 3 amide bonds. The van der Waals surface area contributed by atoms with E-state index in [1.165, 1.54) is 16.4 Å². The number of ether oxygens (including phenoxy) is 2. The number of carbonyl (C=O) groups is 4. The van der Waals surface area contributed by atoms with Crippen LogP contribution in [0, 0.1) is 0 Å². The standard InChI is InChI=1S/C34H36N8O8S/c1-33(2,3)49-32(47)39-31-37-24(19-51-31)26(29(45)38-25-23(36-28(25)44)17-42-35-16-22(18-43)40-42)41-50-34(14-15-34)30(46)48-27(20-10-6-4-7-11-20)21-12-8-5-9-13-21/h4-13,16,19,23,25,27,43H,14-15,17-18H2,1-3H3,(H,36,44)(H,38,45)(H,37,39,47)/t23-,25-/m0/s1. The average molecular weight is 717 g/mol. The van der Waals surface area contributed by atoms with Crippen molar-refractivity contribution in [3.8, 4) is 0 Å². The second kappa shape index (κ2) is 14.7. The highest BCUT2D eigenvalue weighted by atomic mass is 32.1. The van der Waals surface area contributed by atoms with Crippen molar-refractivity contribution in [2.75, 3.05) is 5.32 Å². The maximum Gasteiger partial charge on any atom is 0.413 e. The number of hydrogen-bond donors (Lipinski definition) is 4. The topological polar surface area (TPSA) is 208 Å². The van der Waals surface area contributed by atoms with Gasteiger partial charge >= 0.3 is 12.1 Å². The normalized spacial score (nSPS) is 17.9. The van der Waals surface area contributed by atoms with Gasteiger partial charge in [-0.2, -0.15) is 15.0 Å². The number of hydrogen-bond acceptors (Lipinski definition) is 13. The van der Waals surface area contributed by atoms with Gasteiger partial charge in [-0.15, -0.1) is 11.3 Å². The van der Waals surface area contributed by atoms with Crippen molar-refractivity contribution < 1.29 is 38.6 Å². The second-order valence-electron chi connectivity index (χ2n) is 12.9. The van der Waals surface area contributed by atoms with Crippen LogP contribution in [0.3, 0.4) is 0 Å². The summed E-state index contributed by atoms with van der Waals surface area (Å²) in [7, 11) is 0. The summed E-state index contributed by atoms with van der Waals surface area (Å²) in [6.07, 6.45) is 0.479. The van der Waals surface area contributed by atoms with Gasteiger partial charge in [0.15, 0.2) is 16.9 Å². The molecule has 4 aromatic rings. The maximum absolute atomic E-state index is 13.8. The highest BCUT2D eigenvalue weighted by Gasteiger charge is 2.56. The average Bonchev–Trinajstić information content (AvgIpc) is 3.52. The molecule has 1 saturated carbocycles. The van der Waals surface area contributed by atoms with E-state index in [1.807, 2.05) is 60.7 Å². The lowest BCUT2D eigenvalue weighted by molar-refractivity contribution is -0.164. The van der Waals surface area contributed by atoms with Crippen molar-refractivity contribution in [2.45, 2.75) is 76.2 Å². The molecule has 2 aliphatic rings. The van der Waals surface area contributed by atoms with Crippen molar-refractivity contribution in [3.05, 3.63) is 94.8 Å². The Hall–Kier alpha value is -5.68. The number of rotatable bonds is 13. The molecule has 0 unspecified atom stereocenters. The van der Waals surface area contributed by atoms with Gasteiger partial charge in [-0.25, -0.2) is 14.6 Å².